The average molecular weight is 298 g/mol. The van der Waals surface area contributed by atoms with Crippen LogP contribution in [0.2, 0.25) is 0 Å². The first kappa shape index (κ1) is 20.6. The fourth-order valence-electron chi connectivity index (χ4n) is 2.87. The van der Waals surface area contributed by atoms with Crippen LogP contribution in [0.25, 0.3) is 0 Å². The Morgan fingerprint density at radius 3 is 1.71 bits per heavy atom. The minimum absolute atomic E-state index is 0.228. The van der Waals surface area contributed by atoms with Crippen molar-refractivity contribution >= 4 is 5.71 Å². The largest absolute Gasteiger partial charge is 0.376 e. The van der Waals surface area contributed by atoms with E-state index in [0.717, 1.165) is 6.42 Å². The maximum absolute atomic E-state index is 5.83. The highest BCUT2D eigenvalue weighted by Gasteiger charge is 2.24. The number of hydrogen-bond donors (Lipinski definition) is 0. The lowest BCUT2D eigenvalue weighted by Crippen LogP contribution is -2.31. The quantitative estimate of drug-likeness (QED) is 0.380. The first-order chi connectivity index (χ1) is 10.1. The van der Waals surface area contributed by atoms with Gasteiger partial charge in [-0.15, -0.1) is 0 Å². The molecule has 0 aromatic rings. The van der Waals surface area contributed by atoms with Gasteiger partial charge in [0.25, 0.3) is 0 Å². The van der Waals surface area contributed by atoms with E-state index in [1.165, 1.54) is 57.1 Å². The van der Waals surface area contributed by atoms with Crippen LogP contribution < -0.4 is 0 Å². The Bertz CT molecular complexity index is 252. The van der Waals surface area contributed by atoms with E-state index in [1.54, 1.807) is 0 Å². The standard InChI is InChI=1S/C19H39NO/c1-7-10-13-17(14-11-8-2)19(20-16(4)5)18(21-6)15-12-9-3/h16-18H,7-15H2,1-6H3. The minimum atomic E-state index is 0.228. The second-order valence-corrected chi connectivity index (χ2v) is 6.50. The van der Waals surface area contributed by atoms with E-state index in [-0.39, 0.29) is 6.10 Å². The Balaban J connectivity index is 5.07. The summed E-state index contributed by atoms with van der Waals surface area (Å²) in [6, 6.07) is 0.366. The highest BCUT2D eigenvalue weighted by atomic mass is 16.5. The Morgan fingerprint density at radius 1 is 0.857 bits per heavy atom. The zero-order chi connectivity index (χ0) is 16.1. The first-order valence-electron chi connectivity index (χ1n) is 9.20. The van der Waals surface area contributed by atoms with Crippen LogP contribution in [0, 0.1) is 5.92 Å². The van der Waals surface area contributed by atoms with Crippen LogP contribution in [0.3, 0.4) is 0 Å². The van der Waals surface area contributed by atoms with Crippen molar-refractivity contribution in [2.45, 2.75) is 105 Å². The van der Waals surface area contributed by atoms with Gasteiger partial charge in [0.05, 0.1) is 6.10 Å². The third-order valence-corrected chi connectivity index (χ3v) is 4.07. The van der Waals surface area contributed by atoms with Crippen molar-refractivity contribution < 1.29 is 4.74 Å². The van der Waals surface area contributed by atoms with Gasteiger partial charge in [0, 0.05) is 18.9 Å². The third-order valence-electron chi connectivity index (χ3n) is 4.07. The van der Waals surface area contributed by atoms with Crippen LogP contribution in [0.4, 0.5) is 0 Å². The van der Waals surface area contributed by atoms with Crippen molar-refractivity contribution in [1.82, 2.24) is 0 Å². The third kappa shape index (κ3) is 9.29. The SMILES string of the molecule is CCCCC(CCCC)C(=NC(C)C)C(CCCC)OC. The summed E-state index contributed by atoms with van der Waals surface area (Å²) >= 11 is 0. The molecule has 0 aliphatic rings. The molecular weight excluding hydrogens is 258 g/mol. The number of nitrogens with zero attached hydrogens (tertiary/aromatic N) is 1. The van der Waals surface area contributed by atoms with Gasteiger partial charge in [-0.2, -0.15) is 0 Å². The zero-order valence-electron chi connectivity index (χ0n) is 15.5. The van der Waals surface area contributed by atoms with Crippen LogP contribution in [-0.2, 0) is 4.74 Å². The van der Waals surface area contributed by atoms with E-state index in [0.29, 0.717) is 12.0 Å². The summed E-state index contributed by atoms with van der Waals surface area (Å²) in [5.41, 5.74) is 1.35. The van der Waals surface area contributed by atoms with E-state index in [9.17, 15) is 0 Å². The summed E-state index contributed by atoms with van der Waals surface area (Å²) in [7, 11) is 1.85. The lowest BCUT2D eigenvalue weighted by molar-refractivity contribution is 0.140. The van der Waals surface area contributed by atoms with E-state index in [2.05, 4.69) is 34.6 Å². The van der Waals surface area contributed by atoms with E-state index < -0.39 is 0 Å². The second-order valence-electron chi connectivity index (χ2n) is 6.50. The number of ether oxygens (including phenoxy) is 1. The smallest absolute Gasteiger partial charge is 0.0950 e. The maximum atomic E-state index is 5.83. The van der Waals surface area contributed by atoms with Crippen molar-refractivity contribution in [1.29, 1.82) is 0 Å². The number of hydrogen-bond acceptors (Lipinski definition) is 2. The second kappa shape index (κ2) is 13.3. The molecule has 2 heteroatoms. The van der Waals surface area contributed by atoms with Crippen molar-refractivity contribution in [3.05, 3.63) is 0 Å². The minimum Gasteiger partial charge on any atom is -0.376 e. The summed E-state index contributed by atoms with van der Waals surface area (Å²) in [4.78, 5) is 5.00. The monoisotopic (exact) mass is 297 g/mol. The summed E-state index contributed by atoms with van der Waals surface area (Å²) in [5.74, 6) is 0.620. The summed E-state index contributed by atoms with van der Waals surface area (Å²) in [5, 5.41) is 0. The Hall–Kier alpha value is -0.370. The van der Waals surface area contributed by atoms with Crippen molar-refractivity contribution in [3.63, 3.8) is 0 Å². The predicted molar refractivity (Wildman–Crippen MR) is 95.4 cm³/mol. The normalized spacial score (nSPS) is 14.2. The van der Waals surface area contributed by atoms with Gasteiger partial charge in [0.1, 0.15) is 0 Å². The van der Waals surface area contributed by atoms with Crippen LogP contribution in [-0.4, -0.2) is 25.0 Å². The topological polar surface area (TPSA) is 21.6 Å². The predicted octanol–water partition coefficient (Wildman–Crippen LogP) is 6.04. The molecule has 0 saturated heterocycles. The zero-order valence-corrected chi connectivity index (χ0v) is 15.5. The molecule has 2 nitrogen and oxygen atoms in total. The molecule has 0 aliphatic heterocycles. The van der Waals surface area contributed by atoms with Crippen molar-refractivity contribution in [2.75, 3.05) is 7.11 Å². The van der Waals surface area contributed by atoms with Gasteiger partial charge in [-0.1, -0.05) is 59.3 Å². The molecule has 0 spiro atoms. The maximum Gasteiger partial charge on any atom is 0.0950 e. The van der Waals surface area contributed by atoms with Crippen molar-refractivity contribution in [2.24, 2.45) is 10.9 Å². The summed E-state index contributed by atoms with van der Waals surface area (Å²) in [6.07, 6.45) is 11.5. The van der Waals surface area contributed by atoms with Crippen LogP contribution in [0.5, 0.6) is 0 Å². The molecule has 0 aliphatic carbocycles. The van der Waals surface area contributed by atoms with Gasteiger partial charge in [0.15, 0.2) is 0 Å². The number of methoxy groups -OCH3 is 1. The molecule has 0 bridgehead atoms. The van der Waals surface area contributed by atoms with Crippen molar-refractivity contribution in [3.8, 4) is 0 Å². The number of unbranched alkanes of at least 4 members (excludes halogenated alkanes) is 3. The summed E-state index contributed by atoms with van der Waals surface area (Å²) in [6.45, 7) is 11.2. The van der Waals surface area contributed by atoms with E-state index in [1.807, 2.05) is 7.11 Å². The molecular formula is C19H39NO. The Morgan fingerprint density at radius 2 is 1.33 bits per heavy atom. The molecule has 1 atom stereocenters. The van der Waals surface area contributed by atoms with Gasteiger partial charge in [-0.05, 0) is 39.0 Å². The van der Waals surface area contributed by atoms with Gasteiger partial charge in [-0.25, -0.2) is 0 Å². The van der Waals surface area contributed by atoms with Gasteiger partial charge >= 0.3 is 0 Å². The number of rotatable bonds is 13. The fourth-order valence-corrected chi connectivity index (χ4v) is 2.87. The fraction of sp³-hybridized carbons (Fsp3) is 0.947. The van der Waals surface area contributed by atoms with Crippen LogP contribution in [0.15, 0.2) is 4.99 Å². The molecule has 1 unspecified atom stereocenters. The Labute approximate surface area is 133 Å². The molecule has 126 valence electrons. The van der Waals surface area contributed by atoms with E-state index in [4.69, 9.17) is 9.73 Å². The summed E-state index contributed by atoms with van der Waals surface area (Å²) < 4.78 is 5.83. The van der Waals surface area contributed by atoms with E-state index >= 15 is 0 Å². The van der Waals surface area contributed by atoms with Crippen LogP contribution >= 0.6 is 0 Å². The van der Waals surface area contributed by atoms with Gasteiger partial charge < -0.3 is 4.74 Å². The molecule has 0 aromatic heterocycles. The highest BCUT2D eigenvalue weighted by Crippen LogP contribution is 2.23. The molecule has 0 amide bonds. The molecule has 0 radical (unpaired) electrons. The van der Waals surface area contributed by atoms with Gasteiger partial charge in [-0.3, -0.25) is 4.99 Å². The molecule has 0 N–H and O–H groups in total. The van der Waals surface area contributed by atoms with Gasteiger partial charge in [0.2, 0.25) is 0 Å². The molecule has 0 heterocycles. The highest BCUT2D eigenvalue weighted by molar-refractivity contribution is 5.91. The average Bonchev–Trinajstić information content (AvgIpc) is 2.47. The lowest BCUT2D eigenvalue weighted by atomic mass is 9.87. The molecule has 0 aromatic carbocycles. The molecule has 0 rings (SSSR count). The Kier molecular flexibility index (Phi) is 13.1. The molecule has 21 heavy (non-hydrogen) atoms. The lowest BCUT2D eigenvalue weighted by Gasteiger charge is -2.26. The first-order valence-corrected chi connectivity index (χ1v) is 9.20. The molecule has 0 fully saturated rings. The van der Waals surface area contributed by atoms with Crippen LogP contribution in [0.1, 0.15) is 92.4 Å². The molecule has 0 saturated carbocycles. The number of aliphatic imine (C=N–C) groups is 1.